The lowest BCUT2D eigenvalue weighted by molar-refractivity contribution is -0.390. The molecule has 4 saturated carbocycles. The van der Waals surface area contributed by atoms with Crippen LogP contribution in [-0.2, 0) is 16.9 Å². The zero-order valence-corrected chi connectivity index (χ0v) is 21.8. The summed E-state index contributed by atoms with van der Waals surface area (Å²) in [5.74, 6) is 1.46. The lowest BCUT2D eigenvalue weighted by Crippen LogP contribution is -2.57. The van der Waals surface area contributed by atoms with Crippen LogP contribution in [0.1, 0.15) is 56.1 Å². The number of aryl methyl sites for hydroxylation is 1. The van der Waals surface area contributed by atoms with Crippen LogP contribution >= 0.6 is 15.9 Å². The van der Waals surface area contributed by atoms with Crippen LogP contribution in [0.4, 0.5) is 11.6 Å². The Labute approximate surface area is 217 Å². The van der Waals surface area contributed by atoms with Gasteiger partial charge in [-0.05, 0) is 89.1 Å². The third-order valence-corrected chi connectivity index (χ3v) is 8.93. The summed E-state index contributed by atoms with van der Waals surface area (Å²) in [7, 11) is 0. The van der Waals surface area contributed by atoms with E-state index in [1.165, 1.54) is 12.0 Å². The Bertz CT molecular complexity index is 1320. The molecule has 1 aromatic carbocycles. The van der Waals surface area contributed by atoms with Crippen molar-refractivity contribution in [1.82, 2.24) is 19.6 Å². The fourth-order valence-electron chi connectivity index (χ4n) is 7.51. The highest BCUT2D eigenvalue weighted by Gasteiger charge is 2.60. The molecule has 4 aliphatic rings. The van der Waals surface area contributed by atoms with Crippen molar-refractivity contribution >= 4 is 33.5 Å². The van der Waals surface area contributed by atoms with E-state index in [1.54, 1.807) is 6.20 Å². The SMILES string of the molecule is Cc1ccc(Cn2ccc(NC(=O)CC34CC5CC(C3)CC(n3cc(Br)c([N+](=O)[O-])n3)(C5)C4)n2)cc1. The molecule has 2 atom stereocenters. The largest absolute Gasteiger partial charge is 0.404 e. The molecule has 4 fully saturated rings. The molecule has 0 radical (unpaired) electrons. The quantitative estimate of drug-likeness (QED) is 0.310. The lowest BCUT2D eigenvalue weighted by atomic mass is 9.46. The number of carbonyl (C=O) groups is 1. The van der Waals surface area contributed by atoms with Gasteiger partial charge in [-0.3, -0.25) is 9.48 Å². The third kappa shape index (κ3) is 4.25. The van der Waals surface area contributed by atoms with Gasteiger partial charge in [0.05, 0.1) is 23.4 Å². The number of halogens is 1. The Morgan fingerprint density at radius 2 is 1.89 bits per heavy atom. The third-order valence-electron chi connectivity index (χ3n) is 8.37. The number of hydrogen-bond donors (Lipinski definition) is 1. The first-order chi connectivity index (χ1) is 17.2. The first-order valence-electron chi connectivity index (χ1n) is 12.5. The number of nitro groups is 1. The fraction of sp³-hybridized carbons (Fsp3) is 0.500. The summed E-state index contributed by atoms with van der Waals surface area (Å²) in [5.41, 5.74) is 2.02. The molecule has 0 saturated heterocycles. The summed E-state index contributed by atoms with van der Waals surface area (Å²) in [6.45, 7) is 2.71. The zero-order chi connectivity index (χ0) is 25.1. The predicted octanol–water partition coefficient (Wildman–Crippen LogP) is 5.43. The van der Waals surface area contributed by atoms with Crippen LogP contribution in [0, 0.1) is 34.3 Å². The summed E-state index contributed by atoms with van der Waals surface area (Å²) < 4.78 is 4.09. The minimum atomic E-state index is -0.442. The molecule has 188 valence electrons. The first-order valence-corrected chi connectivity index (χ1v) is 13.3. The van der Waals surface area contributed by atoms with Crippen molar-refractivity contribution in [2.75, 3.05) is 5.32 Å². The molecule has 1 amide bonds. The number of nitrogens with one attached hydrogen (secondary N) is 1. The van der Waals surface area contributed by atoms with Crippen molar-refractivity contribution in [2.45, 2.75) is 64.0 Å². The summed E-state index contributed by atoms with van der Waals surface area (Å²) in [5, 5.41) is 23.4. The topological polar surface area (TPSA) is 108 Å². The van der Waals surface area contributed by atoms with Gasteiger partial charge in [0.2, 0.25) is 5.91 Å². The Morgan fingerprint density at radius 3 is 2.56 bits per heavy atom. The monoisotopic (exact) mass is 552 g/mol. The second-order valence-corrected chi connectivity index (χ2v) is 12.2. The Balaban J connectivity index is 1.16. The van der Waals surface area contributed by atoms with Crippen molar-refractivity contribution < 1.29 is 9.72 Å². The van der Waals surface area contributed by atoms with Gasteiger partial charge in [-0.1, -0.05) is 29.8 Å². The van der Waals surface area contributed by atoms with E-state index >= 15 is 0 Å². The molecule has 1 N–H and O–H groups in total. The summed E-state index contributed by atoms with van der Waals surface area (Å²) in [4.78, 5) is 24.2. The van der Waals surface area contributed by atoms with Gasteiger partial charge in [0.25, 0.3) is 0 Å². The standard InChI is InChI=1S/C26H29BrN6O3/c1-17-2-4-18(5-3-17)14-31-7-6-22(29-31)28-23(34)13-25-9-19-8-20(10-25)12-26(11-19,16-25)32-15-21(27)24(30-32)33(35)36/h2-7,15,19-20H,8-14,16H2,1H3,(H,28,29,34). The molecule has 2 unspecified atom stereocenters. The van der Waals surface area contributed by atoms with Crippen molar-refractivity contribution in [3.8, 4) is 0 Å². The summed E-state index contributed by atoms with van der Waals surface area (Å²) in [6.07, 6.45) is 10.1. The van der Waals surface area contributed by atoms with Crippen LogP contribution in [-0.4, -0.2) is 30.4 Å². The van der Waals surface area contributed by atoms with E-state index in [-0.39, 0.29) is 22.7 Å². The van der Waals surface area contributed by atoms with Crippen molar-refractivity contribution in [1.29, 1.82) is 0 Å². The predicted molar refractivity (Wildman–Crippen MR) is 137 cm³/mol. The normalized spacial score (nSPS) is 28.4. The molecular weight excluding hydrogens is 524 g/mol. The highest BCUT2D eigenvalue weighted by molar-refractivity contribution is 9.10. The second-order valence-electron chi connectivity index (χ2n) is 11.3. The molecular formula is C26H29BrN6O3. The van der Waals surface area contributed by atoms with Crippen molar-refractivity contribution in [3.63, 3.8) is 0 Å². The summed E-state index contributed by atoms with van der Waals surface area (Å²) in [6, 6.07) is 10.2. The Hall–Kier alpha value is -3.01. The van der Waals surface area contributed by atoms with E-state index in [0.717, 1.165) is 37.7 Å². The van der Waals surface area contributed by atoms with Gasteiger partial charge in [0.1, 0.15) is 4.47 Å². The van der Waals surface area contributed by atoms with Crippen LogP contribution in [0.15, 0.2) is 47.2 Å². The lowest BCUT2D eigenvalue weighted by Gasteiger charge is -2.61. The molecule has 10 heteroatoms. The number of anilines is 1. The maximum atomic E-state index is 13.2. The molecule has 3 aromatic rings. The van der Waals surface area contributed by atoms with E-state index in [4.69, 9.17) is 0 Å². The van der Waals surface area contributed by atoms with E-state index in [0.29, 0.717) is 35.1 Å². The molecule has 4 bridgehead atoms. The van der Waals surface area contributed by atoms with Crippen LogP contribution in [0.2, 0.25) is 0 Å². The highest BCUT2D eigenvalue weighted by atomic mass is 79.9. The zero-order valence-electron chi connectivity index (χ0n) is 20.2. The van der Waals surface area contributed by atoms with E-state index in [1.807, 2.05) is 21.6 Å². The van der Waals surface area contributed by atoms with Gasteiger partial charge in [0.15, 0.2) is 5.82 Å². The van der Waals surface area contributed by atoms with E-state index in [2.05, 4.69) is 62.6 Å². The van der Waals surface area contributed by atoms with Gasteiger partial charge >= 0.3 is 5.82 Å². The first kappa shape index (κ1) is 23.4. The molecule has 0 spiro atoms. The average Bonchev–Trinajstić information content (AvgIpc) is 3.40. The fourth-order valence-corrected chi connectivity index (χ4v) is 7.93. The number of aromatic nitrogens is 4. The van der Waals surface area contributed by atoms with Crippen molar-refractivity contribution in [2.24, 2.45) is 17.3 Å². The Morgan fingerprint density at radius 1 is 1.17 bits per heavy atom. The molecule has 4 aliphatic carbocycles. The van der Waals surface area contributed by atoms with Crippen molar-refractivity contribution in [3.05, 3.63) is 68.4 Å². The molecule has 0 aliphatic heterocycles. The van der Waals surface area contributed by atoms with Crippen LogP contribution < -0.4 is 5.32 Å². The van der Waals surface area contributed by atoms with Crippen LogP contribution in [0.5, 0.6) is 0 Å². The van der Waals surface area contributed by atoms with Gasteiger partial charge in [-0.15, -0.1) is 0 Å². The van der Waals surface area contributed by atoms with Gasteiger partial charge in [0, 0.05) is 18.7 Å². The van der Waals surface area contributed by atoms with Gasteiger partial charge < -0.3 is 15.4 Å². The number of benzene rings is 1. The number of hydrogen-bond acceptors (Lipinski definition) is 5. The molecule has 7 rings (SSSR count). The number of nitrogens with zero attached hydrogens (tertiary/aromatic N) is 5. The smallest absolute Gasteiger partial charge is 0.358 e. The second kappa shape index (κ2) is 8.54. The maximum Gasteiger partial charge on any atom is 0.404 e. The summed E-state index contributed by atoms with van der Waals surface area (Å²) >= 11 is 3.32. The van der Waals surface area contributed by atoms with E-state index in [9.17, 15) is 14.9 Å². The minimum absolute atomic E-state index is 0.0136. The highest BCUT2D eigenvalue weighted by Crippen LogP contribution is 2.65. The molecule has 2 aromatic heterocycles. The minimum Gasteiger partial charge on any atom is -0.358 e. The molecule has 9 nitrogen and oxygen atoms in total. The average molecular weight is 553 g/mol. The van der Waals surface area contributed by atoms with Gasteiger partial charge in [-0.25, -0.2) is 0 Å². The van der Waals surface area contributed by atoms with Crippen LogP contribution in [0.3, 0.4) is 0 Å². The number of carbonyl (C=O) groups excluding carboxylic acids is 1. The van der Waals surface area contributed by atoms with E-state index < -0.39 is 4.92 Å². The van der Waals surface area contributed by atoms with Crippen LogP contribution in [0.25, 0.3) is 0 Å². The Kier molecular flexibility index (Phi) is 5.55. The van der Waals surface area contributed by atoms with Gasteiger partial charge in [-0.2, -0.15) is 9.78 Å². The maximum absolute atomic E-state index is 13.2. The number of amides is 1. The molecule has 2 heterocycles. The number of rotatable bonds is 7. The molecule has 36 heavy (non-hydrogen) atoms.